The Morgan fingerprint density at radius 1 is 0.912 bits per heavy atom. The number of carbonyl (C=O) groups excluding carboxylic acids is 1. The average Bonchev–Trinajstić information content (AvgIpc) is 2.84. The quantitative estimate of drug-likeness (QED) is 0.413. The number of piperidine rings is 1. The normalized spacial score (nSPS) is 17.7. The molecule has 3 aromatic rings. The van der Waals surface area contributed by atoms with Crippen molar-refractivity contribution in [3.05, 3.63) is 106 Å². The van der Waals surface area contributed by atoms with E-state index < -0.39 is 0 Å². The Hall–Kier alpha value is -3.20. The van der Waals surface area contributed by atoms with E-state index in [2.05, 4.69) is 60.4 Å². The van der Waals surface area contributed by atoms with Gasteiger partial charge in [0.25, 0.3) is 0 Å². The molecule has 0 bridgehead atoms. The molecule has 0 spiro atoms. The minimum atomic E-state index is -0.234. The number of rotatable bonds is 3. The molecule has 0 saturated carbocycles. The third kappa shape index (κ3) is 5.83. The lowest BCUT2D eigenvalue weighted by Crippen LogP contribution is -2.32. The van der Waals surface area contributed by atoms with Gasteiger partial charge in [0.15, 0.2) is 5.78 Å². The lowest BCUT2D eigenvalue weighted by Gasteiger charge is -2.32. The molecule has 176 valence electrons. The summed E-state index contributed by atoms with van der Waals surface area (Å²) >= 11 is 0. The fourth-order valence-corrected chi connectivity index (χ4v) is 4.81. The smallest absolute Gasteiger partial charge is 0.163 e. The predicted octanol–water partition coefficient (Wildman–Crippen LogP) is 7.29. The van der Waals surface area contributed by atoms with Gasteiger partial charge >= 0.3 is 0 Å². The Bertz CT molecular complexity index is 1160. The van der Waals surface area contributed by atoms with Crippen molar-refractivity contribution in [3.8, 4) is 0 Å². The molecule has 1 heterocycles. The number of anilines is 1. The zero-order valence-corrected chi connectivity index (χ0v) is 20.4. The standard InChI is InChI=1S/C19H17FO.C12H17N/c1-12-3-4-14-6-8-19(21)18(17(14)9-12)11-15-5-7-16(20)10-13(15)2;1-11-7-9-13(10-8-11)12-5-3-2-4-6-12/h3-10,18H,11H2,1-2H3;2-6,11H,7-10H2,1H3. The topological polar surface area (TPSA) is 20.3 Å². The van der Waals surface area contributed by atoms with Crippen molar-refractivity contribution < 1.29 is 9.18 Å². The van der Waals surface area contributed by atoms with E-state index in [1.807, 2.05) is 19.9 Å². The number of para-hydroxylation sites is 1. The first kappa shape index (κ1) is 23.9. The van der Waals surface area contributed by atoms with Gasteiger partial charge in [0.1, 0.15) is 5.82 Å². The first-order valence-electron chi connectivity index (χ1n) is 12.3. The molecule has 1 aliphatic heterocycles. The highest BCUT2D eigenvalue weighted by molar-refractivity contribution is 6.02. The Morgan fingerprint density at radius 2 is 1.65 bits per heavy atom. The number of aryl methyl sites for hydroxylation is 2. The maximum absolute atomic E-state index is 13.2. The van der Waals surface area contributed by atoms with E-state index in [0.29, 0.717) is 6.42 Å². The summed E-state index contributed by atoms with van der Waals surface area (Å²) in [4.78, 5) is 14.8. The molecule has 1 fully saturated rings. The number of hydrogen-bond donors (Lipinski definition) is 0. The van der Waals surface area contributed by atoms with E-state index in [1.54, 1.807) is 12.1 Å². The van der Waals surface area contributed by atoms with Gasteiger partial charge in [-0.25, -0.2) is 4.39 Å². The summed E-state index contributed by atoms with van der Waals surface area (Å²) in [5.41, 5.74) is 6.63. The van der Waals surface area contributed by atoms with Gasteiger partial charge in [-0.1, -0.05) is 61.0 Å². The number of benzene rings is 3. The molecule has 1 unspecified atom stereocenters. The first-order chi connectivity index (χ1) is 16.4. The summed E-state index contributed by atoms with van der Waals surface area (Å²) in [5, 5.41) is 0. The van der Waals surface area contributed by atoms with E-state index in [0.717, 1.165) is 33.7 Å². The van der Waals surface area contributed by atoms with Crippen LogP contribution in [0, 0.1) is 25.6 Å². The van der Waals surface area contributed by atoms with Gasteiger partial charge in [-0.15, -0.1) is 0 Å². The molecule has 0 radical (unpaired) electrons. The second kappa shape index (κ2) is 10.8. The highest BCUT2D eigenvalue weighted by atomic mass is 19.1. The molecule has 5 rings (SSSR count). The molecule has 0 N–H and O–H groups in total. The van der Waals surface area contributed by atoms with E-state index in [-0.39, 0.29) is 17.5 Å². The van der Waals surface area contributed by atoms with Crippen molar-refractivity contribution in [2.75, 3.05) is 18.0 Å². The van der Waals surface area contributed by atoms with Gasteiger partial charge < -0.3 is 4.90 Å². The molecule has 0 aromatic heterocycles. The van der Waals surface area contributed by atoms with E-state index in [1.165, 1.54) is 43.8 Å². The van der Waals surface area contributed by atoms with Crippen LogP contribution < -0.4 is 4.90 Å². The van der Waals surface area contributed by atoms with Crippen molar-refractivity contribution in [3.63, 3.8) is 0 Å². The summed E-state index contributed by atoms with van der Waals surface area (Å²) in [7, 11) is 0. The maximum atomic E-state index is 13.2. The number of carbonyl (C=O) groups is 1. The summed E-state index contributed by atoms with van der Waals surface area (Å²) in [5.74, 6) is 0.633. The van der Waals surface area contributed by atoms with Crippen molar-refractivity contribution in [1.82, 2.24) is 0 Å². The maximum Gasteiger partial charge on any atom is 0.163 e. The van der Waals surface area contributed by atoms with Crippen molar-refractivity contribution in [2.45, 2.75) is 46.0 Å². The third-order valence-corrected chi connectivity index (χ3v) is 7.02. The average molecular weight is 456 g/mol. The van der Waals surface area contributed by atoms with Crippen LogP contribution in [0.15, 0.2) is 72.8 Å². The SMILES string of the molecule is CC1CCN(c2ccccc2)CC1.Cc1ccc2c(c1)C(Cc1ccc(F)cc1C)C(=O)C=C2. The molecule has 3 aromatic carbocycles. The predicted molar refractivity (Wildman–Crippen MR) is 140 cm³/mol. The first-order valence-corrected chi connectivity index (χ1v) is 12.3. The van der Waals surface area contributed by atoms with E-state index >= 15 is 0 Å². The van der Waals surface area contributed by atoms with Gasteiger partial charge in [0.05, 0.1) is 5.92 Å². The van der Waals surface area contributed by atoms with Crippen LogP contribution in [0.4, 0.5) is 10.1 Å². The summed E-state index contributed by atoms with van der Waals surface area (Å²) < 4.78 is 13.2. The van der Waals surface area contributed by atoms with Crippen LogP contribution in [-0.4, -0.2) is 18.9 Å². The molecule has 0 amide bonds. The molecule has 3 heteroatoms. The molecular formula is C31H34FNO. The second-order valence-corrected chi connectivity index (χ2v) is 9.70. The van der Waals surface area contributed by atoms with Crippen LogP contribution in [0.2, 0.25) is 0 Å². The van der Waals surface area contributed by atoms with E-state index in [4.69, 9.17) is 0 Å². The molecule has 2 nitrogen and oxygen atoms in total. The monoisotopic (exact) mass is 455 g/mol. The number of nitrogens with zero attached hydrogens (tertiary/aromatic N) is 1. The Labute approximate surface area is 203 Å². The largest absolute Gasteiger partial charge is 0.372 e. The summed E-state index contributed by atoms with van der Waals surface area (Å²) in [6.45, 7) is 8.72. The minimum Gasteiger partial charge on any atom is -0.372 e. The highest BCUT2D eigenvalue weighted by Gasteiger charge is 2.25. The van der Waals surface area contributed by atoms with Gasteiger partial charge in [0, 0.05) is 18.8 Å². The van der Waals surface area contributed by atoms with Gasteiger partial charge in [0.2, 0.25) is 0 Å². The zero-order valence-electron chi connectivity index (χ0n) is 20.4. The number of allylic oxidation sites excluding steroid dienone is 1. The number of hydrogen-bond acceptors (Lipinski definition) is 2. The fraction of sp³-hybridized carbons (Fsp3) is 0.323. The third-order valence-electron chi connectivity index (χ3n) is 7.02. The molecule has 2 aliphatic rings. The van der Waals surface area contributed by atoms with Crippen LogP contribution in [0.25, 0.3) is 6.08 Å². The Kier molecular flexibility index (Phi) is 7.62. The second-order valence-electron chi connectivity index (χ2n) is 9.70. The molecule has 1 aliphatic carbocycles. The summed E-state index contributed by atoms with van der Waals surface area (Å²) in [6, 6.07) is 21.7. The van der Waals surface area contributed by atoms with Crippen molar-refractivity contribution >= 4 is 17.5 Å². The van der Waals surface area contributed by atoms with Gasteiger partial charge in [-0.05, 0) is 91.6 Å². The van der Waals surface area contributed by atoms with Gasteiger partial charge in [-0.3, -0.25) is 4.79 Å². The molecule has 1 saturated heterocycles. The molecule has 34 heavy (non-hydrogen) atoms. The molecule has 1 atom stereocenters. The number of ketones is 1. The van der Waals surface area contributed by atoms with E-state index in [9.17, 15) is 9.18 Å². The zero-order chi connectivity index (χ0) is 24.1. The van der Waals surface area contributed by atoms with Crippen molar-refractivity contribution in [1.29, 1.82) is 0 Å². The lowest BCUT2D eigenvalue weighted by molar-refractivity contribution is -0.116. The van der Waals surface area contributed by atoms with Crippen LogP contribution in [0.1, 0.15) is 53.5 Å². The number of fused-ring (bicyclic) bond motifs is 1. The van der Waals surface area contributed by atoms with Crippen LogP contribution in [-0.2, 0) is 11.2 Å². The fourth-order valence-electron chi connectivity index (χ4n) is 4.81. The Morgan fingerprint density at radius 3 is 2.35 bits per heavy atom. The lowest BCUT2D eigenvalue weighted by atomic mass is 9.81. The van der Waals surface area contributed by atoms with Gasteiger partial charge in [-0.2, -0.15) is 0 Å². The highest BCUT2D eigenvalue weighted by Crippen LogP contribution is 2.32. The van der Waals surface area contributed by atoms with Crippen LogP contribution in [0.3, 0.4) is 0 Å². The van der Waals surface area contributed by atoms with Crippen LogP contribution >= 0.6 is 0 Å². The van der Waals surface area contributed by atoms with Crippen LogP contribution in [0.5, 0.6) is 0 Å². The Balaban J connectivity index is 0.000000180. The number of halogens is 1. The van der Waals surface area contributed by atoms with Crippen molar-refractivity contribution in [2.24, 2.45) is 5.92 Å². The summed E-state index contributed by atoms with van der Waals surface area (Å²) in [6.07, 6.45) is 6.84. The minimum absolute atomic E-state index is 0.122. The molecular weight excluding hydrogens is 421 g/mol.